The number of thioether (sulfide) groups is 1. The van der Waals surface area contributed by atoms with Crippen LogP contribution in [0.1, 0.15) is 44.4 Å². The number of carbonyl (C=O) groups is 1. The number of nitrogens with one attached hydrogen (secondary N) is 2. The number of halogens is 1. The van der Waals surface area contributed by atoms with E-state index in [0.29, 0.717) is 6.54 Å². The number of hydrogen-bond acceptors (Lipinski definition) is 4. The van der Waals surface area contributed by atoms with Gasteiger partial charge in [0.05, 0.1) is 11.7 Å². The number of urea groups is 1. The minimum atomic E-state index is -0.170. The molecule has 2 rings (SSSR count). The lowest BCUT2D eigenvalue weighted by molar-refractivity contribution is 0.238. The summed E-state index contributed by atoms with van der Waals surface area (Å²) >= 11 is 9.13. The summed E-state index contributed by atoms with van der Waals surface area (Å²) < 4.78 is 0. The second kappa shape index (κ2) is 8.92. The van der Waals surface area contributed by atoms with Crippen LogP contribution in [0.3, 0.4) is 0 Å². The van der Waals surface area contributed by atoms with Crippen LogP contribution in [0.4, 0.5) is 4.79 Å². The first-order valence-corrected chi connectivity index (χ1v) is 10.4. The van der Waals surface area contributed by atoms with Crippen LogP contribution < -0.4 is 10.6 Å². The third kappa shape index (κ3) is 6.53. The molecule has 0 saturated heterocycles. The summed E-state index contributed by atoms with van der Waals surface area (Å²) in [5, 5.41) is 9.54. The van der Waals surface area contributed by atoms with Gasteiger partial charge in [-0.05, 0) is 31.2 Å². The summed E-state index contributed by atoms with van der Waals surface area (Å²) in [6.45, 7) is 8.95. The highest BCUT2D eigenvalue weighted by Crippen LogP contribution is 2.26. The van der Waals surface area contributed by atoms with Crippen molar-refractivity contribution >= 4 is 40.7 Å². The molecule has 2 N–H and O–H groups in total. The molecule has 25 heavy (non-hydrogen) atoms. The molecule has 0 aliphatic heterocycles. The van der Waals surface area contributed by atoms with Crippen molar-refractivity contribution in [3.63, 3.8) is 0 Å². The maximum atomic E-state index is 12.0. The SMILES string of the molecule is CC(NC(=O)NCCSc1ccc(Cl)cc1)c1nc(C(C)(C)C)cs1. The van der Waals surface area contributed by atoms with Crippen molar-refractivity contribution in [2.75, 3.05) is 12.3 Å². The molecule has 0 aliphatic carbocycles. The quantitative estimate of drug-likeness (QED) is 0.517. The molecule has 0 bridgehead atoms. The molecule has 1 unspecified atom stereocenters. The summed E-state index contributed by atoms with van der Waals surface area (Å²) in [5.74, 6) is 0.800. The Kier molecular flexibility index (Phi) is 7.16. The zero-order valence-corrected chi connectivity index (χ0v) is 17.3. The molecule has 2 aromatic rings. The van der Waals surface area contributed by atoms with Gasteiger partial charge in [-0.3, -0.25) is 0 Å². The molecule has 2 amide bonds. The van der Waals surface area contributed by atoms with Crippen LogP contribution in [0.25, 0.3) is 0 Å². The van der Waals surface area contributed by atoms with Crippen LogP contribution in [0.2, 0.25) is 5.02 Å². The molecular formula is C18H24ClN3OS2. The maximum absolute atomic E-state index is 12.0. The van der Waals surface area contributed by atoms with Crippen LogP contribution in [0.15, 0.2) is 34.5 Å². The number of amides is 2. The molecule has 7 heteroatoms. The first-order chi connectivity index (χ1) is 11.8. The van der Waals surface area contributed by atoms with Crippen molar-refractivity contribution in [3.05, 3.63) is 45.4 Å². The highest BCUT2D eigenvalue weighted by Gasteiger charge is 2.20. The zero-order valence-electron chi connectivity index (χ0n) is 14.9. The number of carbonyl (C=O) groups excluding carboxylic acids is 1. The van der Waals surface area contributed by atoms with Gasteiger partial charge in [0, 0.05) is 33.0 Å². The number of benzene rings is 1. The van der Waals surface area contributed by atoms with Crippen molar-refractivity contribution in [3.8, 4) is 0 Å². The Labute approximate surface area is 162 Å². The zero-order chi connectivity index (χ0) is 18.4. The molecule has 0 fully saturated rings. The fourth-order valence-electron chi connectivity index (χ4n) is 2.00. The van der Waals surface area contributed by atoms with Gasteiger partial charge < -0.3 is 10.6 Å². The Hall–Kier alpha value is -1.24. The number of rotatable bonds is 6. The minimum Gasteiger partial charge on any atom is -0.337 e. The van der Waals surface area contributed by atoms with Crippen molar-refractivity contribution in [2.24, 2.45) is 0 Å². The van der Waals surface area contributed by atoms with Crippen LogP contribution in [0.5, 0.6) is 0 Å². The van der Waals surface area contributed by atoms with E-state index in [4.69, 9.17) is 11.6 Å². The van der Waals surface area contributed by atoms with E-state index in [1.165, 1.54) is 0 Å². The Morgan fingerprint density at radius 2 is 2.00 bits per heavy atom. The largest absolute Gasteiger partial charge is 0.337 e. The second-order valence-electron chi connectivity index (χ2n) is 6.75. The molecule has 1 heterocycles. The van der Waals surface area contributed by atoms with Gasteiger partial charge in [0.15, 0.2) is 0 Å². The van der Waals surface area contributed by atoms with Gasteiger partial charge in [0.1, 0.15) is 5.01 Å². The normalized spacial score (nSPS) is 12.7. The highest BCUT2D eigenvalue weighted by molar-refractivity contribution is 7.99. The van der Waals surface area contributed by atoms with E-state index in [0.717, 1.165) is 26.4 Å². The fraction of sp³-hybridized carbons (Fsp3) is 0.444. The molecule has 4 nitrogen and oxygen atoms in total. The molecule has 0 spiro atoms. The fourth-order valence-corrected chi connectivity index (χ4v) is 3.95. The van der Waals surface area contributed by atoms with Crippen LogP contribution in [-0.4, -0.2) is 23.3 Å². The average Bonchev–Trinajstić information content (AvgIpc) is 3.03. The van der Waals surface area contributed by atoms with Gasteiger partial charge in [-0.2, -0.15) is 0 Å². The minimum absolute atomic E-state index is 0.0234. The molecule has 0 radical (unpaired) electrons. The lowest BCUT2D eigenvalue weighted by Crippen LogP contribution is -2.38. The highest BCUT2D eigenvalue weighted by atomic mass is 35.5. The predicted octanol–water partition coefficient (Wildman–Crippen LogP) is 5.25. The molecular weight excluding hydrogens is 374 g/mol. The van der Waals surface area contributed by atoms with Crippen LogP contribution in [-0.2, 0) is 5.41 Å². The first kappa shape index (κ1) is 20.1. The smallest absolute Gasteiger partial charge is 0.315 e. The maximum Gasteiger partial charge on any atom is 0.315 e. The van der Waals surface area contributed by atoms with Gasteiger partial charge >= 0.3 is 6.03 Å². The summed E-state index contributed by atoms with van der Waals surface area (Å²) in [4.78, 5) is 17.8. The Balaban J connectivity index is 1.72. The lowest BCUT2D eigenvalue weighted by Gasteiger charge is -2.15. The molecule has 0 saturated carbocycles. The van der Waals surface area contributed by atoms with E-state index >= 15 is 0 Å². The van der Waals surface area contributed by atoms with Gasteiger partial charge in [0.2, 0.25) is 0 Å². The number of nitrogens with zero attached hydrogens (tertiary/aromatic N) is 1. The molecule has 1 aromatic carbocycles. The number of aromatic nitrogens is 1. The molecule has 1 atom stereocenters. The van der Waals surface area contributed by atoms with Crippen molar-refractivity contribution in [1.29, 1.82) is 0 Å². The Morgan fingerprint density at radius 1 is 1.32 bits per heavy atom. The molecule has 1 aromatic heterocycles. The average molecular weight is 398 g/mol. The topological polar surface area (TPSA) is 54.0 Å². The second-order valence-corrected chi connectivity index (χ2v) is 9.24. The predicted molar refractivity (Wildman–Crippen MR) is 108 cm³/mol. The Morgan fingerprint density at radius 3 is 2.60 bits per heavy atom. The van der Waals surface area contributed by atoms with Crippen LogP contribution >= 0.6 is 34.7 Å². The van der Waals surface area contributed by atoms with E-state index in [1.54, 1.807) is 23.1 Å². The van der Waals surface area contributed by atoms with Crippen molar-refractivity contribution in [2.45, 2.75) is 44.0 Å². The van der Waals surface area contributed by atoms with E-state index in [2.05, 4.69) is 41.8 Å². The van der Waals surface area contributed by atoms with Gasteiger partial charge in [0.25, 0.3) is 0 Å². The van der Waals surface area contributed by atoms with E-state index < -0.39 is 0 Å². The summed E-state index contributed by atoms with van der Waals surface area (Å²) in [6, 6.07) is 7.41. The lowest BCUT2D eigenvalue weighted by atomic mass is 9.93. The van der Waals surface area contributed by atoms with Crippen molar-refractivity contribution < 1.29 is 4.79 Å². The summed E-state index contributed by atoms with van der Waals surface area (Å²) in [5.41, 5.74) is 1.08. The van der Waals surface area contributed by atoms with E-state index in [-0.39, 0.29) is 17.5 Å². The monoisotopic (exact) mass is 397 g/mol. The number of hydrogen-bond donors (Lipinski definition) is 2. The molecule has 0 aliphatic rings. The van der Waals surface area contributed by atoms with Gasteiger partial charge in [-0.25, -0.2) is 9.78 Å². The van der Waals surface area contributed by atoms with E-state index in [9.17, 15) is 4.79 Å². The van der Waals surface area contributed by atoms with E-state index in [1.807, 2.05) is 31.2 Å². The van der Waals surface area contributed by atoms with Crippen LogP contribution in [0, 0.1) is 0 Å². The first-order valence-electron chi connectivity index (χ1n) is 8.14. The van der Waals surface area contributed by atoms with Gasteiger partial charge in [-0.15, -0.1) is 23.1 Å². The summed E-state index contributed by atoms with van der Waals surface area (Å²) in [6.07, 6.45) is 0. The third-order valence-electron chi connectivity index (χ3n) is 3.48. The molecule has 136 valence electrons. The van der Waals surface area contributed by atoms with Crippen molar-refractivity contribution in [1.82, 2.24) is 15.6 Å². The summed E-state index contributed by atoms with van der Waals surface area (Å²) in [7, 11) is 0. The number of thiazole rings is 1. The third-order valence-corrected chi connectivity index (χ3v) is 5.77. The standard InChI is InChI=1S/C18H24ClN3OS2/c1-12(16-22-15(11-25-16)18(2,3)4)21-17(23)20-9-10-24-14-7-5-13(19)6-8-14/h5-8,11-12H,9-10H2,1-4H3,(H2,20,21,23). The van der Waals surface area contributed by atoms with Gasteiger partial charge in [-0.1, -0.05) is 32.4 Å². The Bertz CT molecular complexity index is 695.